The smallest absolute Gasteiger partial charge is 0.462 e. The highest BCUT2D eigenvalue weighted by molar-refractivity contribution is 7.47. The molecular formula is C85H160NO8P. The predicted molar refractivity (Wildman–Crippen MR) is 413 cm³/mol. The third-order valence-electron chi connectivity index (χ3n) is 18.9. The summed E-state index contributed by atoms with van der Waals surface area (Å²) in [6.45, 7) is 3.71. The van der Waals surface area contributed by atoms with Crippen molar-refractivity contribution in [3.63, 3.8) is 0 Å². The van der Waals surface area contributed by atoms with Crippen LogP contribution in [-0.2, 0) is 32.7 Å². The molecule has 0 saturated carbocycles. The first kappa shape index (κ1) is 92.7. The van der Waals surface area contributed by atoms with Crippen molar-refractivity contribution in [1.82, 2.24) is 0 Å². The Balaban J connectivity index is 3.73. The van der Waals surface area contributed by atoms with Crippen LogP contribution in [0.15, 0.2) is 60.8 Å². The Kier molecular flexibility index (Phi) is 78.7. The van der Waals surface area contributed by atoms with Gasteiger partial charge in [-0.25, -0.2) is 4.57 Å². The van der Waals surface area contributed by atoms with Gasteiger partial charge in [-0.3, -0.25) is 18.6 Å². The van der Waals surface area contributed by atoms with Gasteiger partial charge in [-0.05, 0) is 77.0 Å². The summed E-state index contributed by atoms with van der Waals surface area (Å²) in [5.74, 6) is -0.801. The minimum absolute atomic E-state index is 0.0559. The van der Waals surface area contributed by atoms with E-state index in [2.05, 4.69) is 74.6 Å². The lowest BCUT2D eigenvalue weighted by molar-refractivity contribution is -0.161. The van der Waals surface area contributed by atoms with Crippen LogP contribution in [0.4, 0.5) is 0 Å². The Labute approximate surface area is 590 Å². The molecule has 0 bridgehead atoms. The molecule has 95 heavy (non-hydrogen) atoms. The molecule has 0 rings (SSSR count). The number of nitrogens with two attached hydrogens (primary N) is 1. The maximum Gasteiger partial charge on any atom is 0.472 e. The van der Waals surface area contributed by atoms with E-state index in [4.69, 9.17) is 24.3 Å². The summed E-state index contributed by atoms with van der Waals surface area (Å²) in [5.41, 5.74) is 5.42. The quantitative estimate of drug-likeness (QED) is 0.0264. The van der Waals surface area contributed by atoms with Crippen LogP contribution in [0, 0.1) is 0 Å². The topological polar surface area (TPSA) is 134 Å². The van der Waals surface area contributed by atoms with E-state index in [9.17, 15) is 19.0 Å². The van der Waals surface area contributed by atoms with Crippen LogP contribution in [0.25, 0.3) is 0 Å². The fourth-order valence-electron chi connectivity index (χ4n) is 12.7. The van der Waals surface area contributed by atoms with Crippen LogP contribution >= 0.6 is 7.82 Å². The second-order valence-electron chi connectivity index (χ2n) is 28.3. The van der Waals surface area contributed by atoms with E-state index in [0.29, 0.717) is 6.42 Å². The molecule has 558 valence electrons. The average molecular weight is 1360 g/mol. The van der Waals surface area contributed by atoms with Crippen molar-refractivity contribution in [2.24, 2.45) is 5.73 Å². The van der Waals surface area contributed by atoms with Crippen molar-refractivity contribution in [1.29, 1.82) is 0 Å². The normalized spacial score (nSPS) is 13.1. The number of unbranched alkanes of at least 4 members (excludes halogenated alkanes) is 57. The first-order chi connectivity index (χ1) is 46.8. The highest BCUT2D eigenvalue weighted by atomic mass is 31.2. The van der Waals surface area contributed by atoms with Crippen LogP contribution < -0.4 is 5.73 Å². The summed E-state index contributed by atoms with van der Waals surface area (Å²) in [4.78, 5) is 35.5. The maximum absolute atomic E-state index is 12.8. The van der Waals surface area contributed by atoms with Crippen molar-refractivity contribution in [3.05, 3.63) is 60.8 Å². The SMILES string of the molecule is CC/C=C\C/C=C\C/C=C\C/C=C\CCCCCCCCCCCCCCCCCCCCCCCCCCC(=O)OC(COC(=O)CCCCCCCCCCCCCCCCCCCCCCCCCCC/C=C\CCCCCCCCCC)COP(=O)(O)OCCN. The number of esters is 2. The zero-order chi connectivity index (χ0) is 68.6. The first-order valence-electron chi connectivity index (χ1n) is 41.8. The van der Waals surface area contributed by atoms with Gasteiger partial charge < -0.3 is 20.1 Å². The molecule has 0 heterocycles. The molecule has 0 aliphatic carbocycles. The number of phosphoric acid groups is 1. The molecule has 0 aliphatic heterocycles. The zero-order valence-corrected chi connectivity index (χ0v) is 64.1. The van der Waals surface area contributed by atoms with Crippen LogP contribution in [0.1, 0.15) is 438 Å². The highest BCUT2D eigenvalue weighted by Gasteiger charge is 2.26. The summed E-state index contributed by atoms with van der Waals surface area (Å²) >= 11 is 0. The molecule has 0 aliphatic rings. The van der Waals surface area contributed by atoms with Gasteiger partial charge in [-0.2, -0.15) is 0 Å². The minimum Gasteiger partial charge on any atom is -0.462 e. The number of carbonyl (C=O) groups is 2. The van der Waals surface area contributed by atoms with Crippen LogP contribution in [0.5, 0.6) is 0 Å². The standard InChI is InChI=1S/C85H160NO8P/c1-3-5-7-9-11-13-15-17-19-21-23-25-27-29-31-33-35-37-39-41-43-45-47-49-51-53-55-57-59-61-63-65-67-69-71-73-75-77-84(87)91-81-83(82-93-95(89,90)92-80-79-86)94-85(88)78-76-74-72-70-68-66-64-62-60-58-56-54-52-50-48-46-44-42-40-38-36-34-32-30-28-26-24-22-20-18-16-14-12-10-8-6-4-2/h6,8,12,14,18,20-21,23-24,26,83H,3-5,7,9-11,13,15-17,19,22,25,27-82,86H2,1-2H3,(H,89,90)/b8-6-,14-12-,20-18-,23-21-,26-24-. The maximum atomic E-state index is 12.8. The molecule has 3 N–H and O–H groups in total. The number of ether oxygens (including phenoxy) is 2. The van der Waals surface area contributed by atoms with Gasteiger partial charge in [0.25, 0.3) is 0 Å². The van der Waals surface area contributed by atoms with E-state index in [0.717, 1.165) is 57.8 Å². The van der Waals surface area contributed by atoms with Gasteiger partial charge in [0.2, 0.25) is 0 Å². The number of hydrogen-bond donors (Lipinski definition) is 2. The molecule has 0 aromatic heterocycles. The van der Waals surface area contributed by atoms with E-state index in [1.165, 1.54) is 347 Å². The third kappa shape index (κ3) is 80.6. The third-order valence-corrected chi connectivity index (χ3v) is 19.9. The van der Waals surface area contributed by atoms with Gasteiger partial charge in [-0.1, -0.05) is 408 Å². The summed E-state index contributed by atoms with van der Waals surface area (Å²) in [6.07, 6.45) is 107. The summed E-state index contributed by atoms with van der Waals surface area (Å²) < 4.78 is 33.3. The number of hydrogen-bond acceptors (Lipinski definition) is 8. The second kappa shape index (κ2) is 80.7. The van der Waals surface area contributed by atoms with Crippen molar-refractivity contribution < 1.29 is 37.6 Å². The van der Waals surface area contributed by atoms with Crippen molar-refractivity contribution in [2.75, 3.05) is 26.4 Å². The van der Waals surface area contributed by atoms with E-state index in [1.807, 2.05) is 0 Å². The molecule has 10 heteroatoms. The van der Waals surface area contributed by atoms with E-state index < -0.39 is 26.5 Å². The number of allylic oxidation sites excluding steroid dienone is 10. The monoisotopic (exact) mass is 1350 g/mol. The number of phosphoric ester groups is 1. The lowest BCUT2D eigenvalue weighted by Crippen LogP contribution is -2.29. The fraction of sp³-hybridized carbons (Fsp3) is 0.859. The molecule has 0 aromatic rings. The van der Waals surface area contributed by atoms with Crippen LogP contribution in [0.3, 0.4) is 0 Å². The van der Waals surface area contributed by atoms with Gasteiger partial charge in [0.1, 0.15) is 6.61 Å². The Bertz CT molecular complexity index is 1750. The Morgan fingerprint density at radius 2 is 0.579 bits per heavy atom. The molecule has 0 saturated heterocycles. The van der Waals surface area contributed by atoms with E-state index in [-0.39, 0.29) is 38.6 Å². The molecule has 2 unspecified atom stereocenters. The number of rotatable bonds is 80. The van der Waals surface area contributed by atoms with Crippen molar-refractivity contribution in [3.8, 4) is 0 Å². The predicted octanol–water partition coefficient (Wildman–Crippen LogP) is 28.1. The van der Waals surface area contributed by atoms with Crippen LogP contribution in [0.2, 0.25) is 0 Å². The van der Waals surface area contributed by atoms with Gasteiger partial charge in [0.05, 0.1) is 13.2 Å². The molecule has 0 amide bonds. The average Bonchev–Trinajstić information content (AvgIpc) is 2.64. The van der Waals surface area contributed by atoms with Gasteiger partial charge in [0.15, 0.2) is 6.10 Å². The number of carbonyl (C=O) groups excluding carboxylic acids is 2. The molecule has 0 radical (unpaired) electrons. The van der Waals surface area contributed by atoms with Gasteiger partial charge >= 0.3 is 19.8 Å². The van der Waals surface area contributed by atoms with Gasteiger partial charge in [-0.15, -0.1) is 0 Å². The molecule has 0 aromatic carbocycles. The summed E-state index contributed by atoms with van der Waals surface area (Å²) in [6, 6.07) is 0. The largest absolute Gasteiger partial charge is 0.472 e. The Morgan fingerprint density at radius 1 is 0.326 bits per heavy atom. The Morgan fingerprint density at radius 3 is 0.874 bits per heavy atom. The molecular weight excluding hydrogens is 1190 g/mol. The van der Waals surface area contributed by atoms with Crippen LogP contribution in [-0.4, -0.2) is 49.3 Å². The van der Waals surface area contributed by atoms with Crippen molar-refractivity contribution >= 4 is 19.8 Å². The summed E-state index contributed by atoms with van der Waals surface area (Å²) in [5, 5.41) is 0. The molecule has 2 atom stereocenters. The molecule has 0 spiro atoms. The summed E-state index contributed by atoms with van der Waals surface area (Å²) in [7, 11) is -4.40. The Hall–Kier alpha value is -2.29. The fourth-order valence-corrected chi connectivity index (χ4v) is 13.5. The first-order valence-corrected chi connectivity index (χ1v) is 43.3. The highest BCUT2D eigenvalue weighted by Crippen LogP contribution is 2.43. The van der Waals surface area contributed by atoms with Gasteiger partial charge in [0, 0.05) is 19.4 Å². The lowest BCUT2D eigenvalue weighted by Gasteiger charge is -2.19. The van der Waals surface area contributed by atoms with Crippen molar-refractivity contribution in [2.45, 2.75) is 444 Å². The van der Waals surface area contributed by atoms with E-state index >= 15 is 0 Å². The zero-order valence-electron chi connectivity index (χ0n) is 63.2. The minimum atomic E-state index is -4.40. The second-order valence-corrected chi connectivity index (χ2v) is 29.8. The molecule has 9 nitrogen and oxygen atoms in total. The molecule has 0 fully saturated rings. The lowest BCUT2D eigenvalue weighted by atomic mass is 10.0. The van der Waals surface area contributed by atoms with E-state index in [1.54, 1.807) is 0 Å².